The van der Waals surface area contributed by atoms with Crippen LogP contribution in [0.3, 0.4) is 0 Å². The maximum Gasteiger partial charge on any atom is 0.244 e. The van der Waals surface area contributed by atoms with E-state index in [1.807, 2.05) is 31.2 Å². The van der Waals surface area contributed by atoms with Crippen molar-refractivity contribution in [2.75, 3.05) is 13.2 Å². The lowest BCUT2D eigenvalue weighted by Gasteiger charge is -2.21. The van der Waals surface area contributed by atoms with Crippen molar-refractivity contribution in [2.45, 2.75) is 38.2 Å². The van der Waals surface area contributed by atoms with E-state index in [4.69, 9.17) is 4.74 Å². The van der Waals surface area contributed by atoms with Crippen LogP contribution in [0.4, 0.5) is 0 Å². The van der Waals surface area contributed by atoms with Crippen LogP contribution in [0.1, 0.15) is 38.2 Å². The molecule has 21 heavy (non-hydrogen) atoms. The van der Waals surface area contributed by atoms with E-state index >= 15 is 0 Å². The largest absolute Gasteiger partial charge is 0.494 e. The summed E-state index contributed by atoms with van der Waals surface area (Å²) >= 11 is 0. The second kappa shape index (κ2) is 7.27. The summed E-state index contributed by atoms with van der Waals surface area (Å²) in [7, 11) is 0. The van der Waals surface area contributed by atoms with Gasteiger partial charge in [-0.3, -0.25) is 4.79 Å². The molecule has 0 unspecified atom stereocenters. The Morgan fingerprint density at radius 3 is 2.62 bits per heavy atom. The molecule has 0 bridgehead atoms. The van der Waals surface area contributed by atoms with Crippen molar-refractivity contribution < 1.29 is 14.6 Å². The summed E-state index contributed by atoms with van der Waals surface area (Å²) in [6.45, 7) is 2.91. The van der Waals surface area contributed by atoms with Crippen LogP contribution >= 0.6 is 0 Å². The Bertz CT molecular complexity index is 487. The van der Waals surface area contributed by atoms with Crippen LogP contribution in [0, 0.1) is 0 Å². The monoisotopic (exact) mass is 289 g/mol. The van der Waals surface area contributed by atoms with Crippen LogP contribution < -0.4 is 10.1 Å². The standard InChI is InChI=1S/C17H23NO3/c1-2-21-15-8-5-14(6-9-15)7-10-16(19)18-13-17(20)11-3-4-12-17/h5-10,20H,2-4,11-13H2,1H3,(H,18,19)/b10-7+. The number of rotatable bonds is 6. The molecule has 0 saturated heterocycles. The molecule has 1 aliphatic carbocycles. The number of carbonyl (C=O) groups is 1. The Kier molecular flexibility index (Phi) is 5.39. The Balaban J connectivity index is 1.81. The summed E-state index contributed by atoms with van der Waals surface area (Å²) in [5, 5.41) is 12.9. The summed E-state index contributed by atoms with van der Waals surface area (Å²) < 4.78 is 5.36. The number of ether oxygens (including phenoxy) is 1. The highest BCUT2D eigenvalue weighted by Crippen LogP contribution is 2.28. The minimum atomic E-state index is -0.706. The van der Waals surface area contributed by atoms with E-state index in [1.165, 1.54) is 6.08 Å². The second-order valence-corrected chi connectivity index (χ2v) is 5.48. The van der Waals surface area contributed by atoms with Crippen LogP contribution in [0.15, 0.2) is 30.3 Å². The van der Waals surface area contributed by atoms with Gasteiger partial charge in [-0.2, -0.15) is 0 Å². The Hall–Kier alpha value is -1.81. The lowest BCUT2D eigenvalue weighted by molar-refractivity contribution is -0.117. The molecule has 0 heterocycles. The molecule has 4 heteroatoms. The number of hydrogen-bond acceptors (Lipinski definition) is 3. The van der Waals surface area contributed by atoms with Crippen molar-refractivity contribution in [3.63, 3.8) is 0 Å². The SMILES string of the molecule is CCOc1ccc(/C=C/C(=O)NCC2(O)CCCC2)cc1. The minimum Gasteiger partial charge on any atom is -0.494 e. The summed E-state index contributed by atoms with van der Waals surface area (Å²) in [6.07, 6.45) is 6.87. The Morgan fingerprint density at radius 2 is 2.00 bits per heavy atom. The molecule has 1 aromatic carbocycles. The number of benzene rings is 1. The van der Waals surface area contributed by atoms with E-state index in [-0.39, 0.29) is 5.91 Å². The first kappa shape index (κ1) is 15.6. The molecular formula is C17H23NO3. The summed E-state index contributed by atoms with van der Waals surface area (Å²) in [5.41, 5.74) is 0.232. The minimum absolute atomic E-state index is 0.177. The third-order valence-electron chi connectivity index (χ3n) is 3.74. The van der Waals surface area contributed by atoms with E-state index in [1.54, 1.807) is 6.08 Å². The number of hydrogen-bond donors (Lipinski definition) is 2. The highest BCUT2D eigenvalue weighted by Gasteiger charge is 2.30. The third kappa shape index (κ3) is 4.90. The highest BCUT2D eigenvalue weighted by atomic mass is 16.5. The predicted octanol–water partition coefficient (Wildman–Crippen LogP) is 2.52. The van der Waals surface area contributed by atoms with Crippen LogP contribution in [-0.2, 0) is 4.79 Å². The first-order valence-corrected chi connectivity index (χ1v) is 7.52. The van der Waals surface area contributed by atoms with Crippen LogP contribution in [0.2, 0.25) is 0 Å². The Labute approximate surface area is 125 Å². The smallest absolute Gasteiger partial charge is 0.244 e. The lowest BCUT2D eigenvalue weighted by atomic mass is 10.0. The highest BCUT2D eigenvalue weighted by molar-refractivity contribution is 5.91. The molecule has 2 N–H and O–H groups in total. The van der Waals surface area contributed by atoms with Crippen molar-refractivity contribution in [3.05, 3.63) is 35.9 Å². The molecule has 4 nitrogen and oxygen atoms in total. The first-order chi connectivity index (χ1) is 10.1. The molecule has 0 aliphatic heterocycles. The average Bonchev–Trinajstić information content (AvgIpc) is 2.92. The summed E-state index contributed by atoms with van der Waals surface area (Å²) in [6, 6.07) is 7.56. The fourth-order valence-corrected chi connectivity index (χ4v) is 2.53. The van der Waals surface area contributed by atoms with Gasteiger partial charge >= 0.3 is 0 Å². The first-order valence-electron chi connectivity index (χ1n) is 7.52. The zero-order valence-electron chi connectivity index (χ0n) is 12.5. The molecule has 1 amide bonds. The van der Waals surface area contributed by atoms with Crippen molar-refractivity contribution in [1.82, 2.24) is 5.32 Å². The summed E-state index contributed by atoms with van der Waals surface area (Å²) in [5.74, 6) is 0.645. The zero-order valence-corrected chi connectivity index (χ0v) is 12.5. The molecular weight excluding hydrogens is 266 g/mol. The van der Waals surface area contributed by atoms with E-state index < -0.39 is 5.60 Å². The molecule has 2 rings (SSSR count). The number of aliphatic hydroxyl groups is 1. The van der Waals surface area contributed by atoms with Gasteiger partial charge in [0.2, 0.25) is 5.91 Å². The second-order valence-electron chi connectivity index (χ2n) is 5.48. The topological polar surface area (TPSA) is 58.6 Å². The summed E-state index contributed by atoms with van der Waals surface area (Å²) in [4.78, 5) is 11.8. The maximum absolute atomic E-state index is 11.8. The Morgan fingerprint density at radius 1 is 1.33 bits per heavy atom. The number of nitrogens with one attached hydrogen (secondary N) is 1. The lowest BCUT2D eigenvalue weighted by Crippen LogP contribution is -2.40. The molecule has 1 aromatic rings. The predicted molar refractivity (Wildman–Crippen MR) is 83.1 cm³/mol. The maximum atomic E-state index is 11.8. The quantitative estimate of drug-likeness (QED) is 0.791. The van der Waals surface area contributed by atoms with Gasteiger partial charge in [0.25, 0.3) is 0 Å². The van der Waals surface area contributed by atoms with Gasteiger partial charge in [0, 0.05) is 12.6 Å². The van der Waals surface area contributed by atoms with Gasteiger partial charge in [-0.15, -0.1) is 0 Å². The fourth-order valence-electron chi connectivity index (χ4n) is 2.53. The van der Waals surface area contributed by atoms with E-state index in [0.717, 1.165) is 37.0 Å². The van der Waals surface area contributed by atoms with Gasteiger partial charge < -0.3 is 15.2 Å². The van der Waals surface area contributed by atoms with E-state index in [9.17, 15) is 9.90 Å². The van der Waals surface area contributed by atoms with Crippen LogP contribution in [-0.4, -0.2) is 29.8 Å². The number of carbonyl (C=O) groups excluding carboxylic acids is 1. The molecule has 114 valence electrons. The number of amides is 1. The normalized spacial score (nSPS) is 17.0. The van der Waals surface area contributed by atoms with Crippen LogP contribution in [0.25, 0.3) is 6.08 Å². The molecule has 0 radical (unpaired) electrons. The van der Waals surface area contributed by atoms with E-state index in [2.05, 4.69) is 5.32 Å². The molecule has 0 spiro atoms. The van der Waals surface area contributed by atoms with Crippen molar-refractivity contribution >= 4 is 12.0 Å². The van der Waals surface area contributed by atoms with E-state index in [0.29, 0.717) is 13.2 Å². The van der Waals surface area contributed by atoms with Crippen molar-refractivity contribution in [1.29, 1.82) is 0 Å². The molecule has 1 fully saturated rings. The van der Waals surface area contributed by atoms with Gasteiger partial charge in [0.15, 0.2) is 0 Å². The van der Waals surface area contributed by atoms with Gasteiger partial charge in [-0.25, -0.2) is 0 Å². The van der Waals surface area contributed by atoms with Gasteiger partial charge in [0.1, 0.15) is 5.75 Å². The molecule has 1 saturated carbocycles. The third-order valence-corrected chi connectivity index (χ3v) is 3.74. The zero-order chi connectivity index (χ0) is 15.1. The van der Waals surface area contributed by atoms with Gasteiger partial charge in [0.05, 0.1) is 12.2 Å². The molecule has 1 aliphatic rings. The molecule has 0 aromatic heterocycles. The van der Waals surface area contributed by atoms with Crippen molar-refractivity contribution in [3.8, 4) is 5.75 Å². The molecule has 0 atom stereocenters. The van der Waals surface area contributed by atoms with Crippen LogP contribution in [0.5, 0.6) is 5.75 Å². The fraction of sp³-hybridized carbons (Fsp3) is 0.471. The van der Waals surface area contributed by atoms with Crippen molar-refractivity contribution in [2.24, 2.45) is 0 Å². The van der Waals surface area contributed by atoms with Gasteiger partial charge in [-0.1, -0.05) is 25.0 Å². The average molecular weight is 289 g/mol. The van der Waals surface area contributed by atoms with Gasteiger partial charge in [-0.05, 0) is 43.5 Å².